The van der Waals surface area contributed by atoms with Crippen LogP contribution in [0.2, 0.25) is 0 Å². The zero-order valence-corrected chi connectivity index (χ0v) is 7.57. The molecule has 0 fully saturated rings. The van der Waals surface area contributed by atoms with E-state index in [9.17, 15) is 4.79 Å². The minimum atomic E-state index is -0.473. The van der Waals surface area contributed by atoms with Crippen LogP contribution in [0.1, 0.15) is 6.42 Å². The number of allylic oxidation sites excluding steroid dienone is 1. The molecule has 70 valence electrons. The quantitative estimate of drug-likeness (QED) is 0.338. The van der Waals surface area contributed by atoms with Gasteiger partial charge in [-0.15, -0.1) is 0 Å². The summed E-state index contributed by atoms with van der Waals surface area (Å²) in [7, 11) is 4.46. The molecule has 0 aromatic heterocycles. The van der Waals surface area contributed by atoms with E-state index in [1.54, 1.807) is 0 Å². The van der Waals surface area contributed by atoms with E-state index in [-0.39, 0.29) is 12.2 Å². The number of ether oxygens (including phenoxy) is 3. The van der Waals surface area contributed by atoms with Gasteiger partial charge in [-0.25, -0.2) is 0 Å². The van der Waals surface area contributed by atoms with Crippen molar-refractivity contribution in [3.05, 3.63) is 12.3 Å². The van der Waals surface area contributed by atoms with Gasteiger partial charge in [-0.3, -0.25) is 4.79 Å². The van der Waals surface area contributed by atoms with Crippen molar-refractivity contribution in [1.82, 2.24) is 0 Å². The average Bonchev–Trinajstić information content (AvgIpc) is 2.10. The average molecular weight is 174 g/mol. The molecule has 0 N–H and O–H groups in total. The molecule has 0 aromatic rings. The topological polar surface area (TPSA) is 44.8 Å². The van der Waals surface area contributed by atoms with Crippen LogP contribution in [-0.4, -0.2) is 33.4 Å². The fourth-order valence-corrected chi connectivity index (χ4v) is 0.639. The Hall–Kier alpha value is -0.870. The van der Waals surface area contributed by atoms with E-state index in [4.69, 9.17) is 9.47 Å². The van der Waals surface area contributed by atoms with Crippen LogP contribution in [0.15, 0.2) is 12.3 Å². The Morgan fingerprint density at radius 2 is 1.92 bits per heavy atom. The van der Waals surface area contributed by atoms with Crippen LogP contribution in [0.5, 0.6) is 0 Å². The number of carbonyl (C=O) groups is 1. The maximum absolute atomic E-state index is 11.0. The highest BCUT2D eigenvalue weighted by molar-refractivity contribution is 5.89. The summed E-state index contributed by atoms with van der Waals surface area (Å²) in [5, 5.41) is 0. The Morgan fingerprint density at radius 3 is 2.33 bits per heavy atom. The second-order valence-corrected chi connectivity index (χ2v) is 2.11. The minimum absolute atomic E-state index is 0.0921. The summed E-state index contributed by atoms with van der Waals surface area (Å²) in [6.07, 6.45) is 2.39. The molecule has 0 amide bonds. The summed E-state index contributed by atoms with van der Waals surface area (Å²) in [6, 6.07) is 0. The summed E-state index contributed by atoms with van der Waals surface area (Å²) in [5.74, 6) is -0.0921. The van der Waals surface area contributed by atoms with Gasteiger partial charge in [0.05, 0.1) is 19.8 Å². The molecular weight excluding hydrogens is 160 g/mol. The second kappa shape index (κ2) is 6.82. The maximum Gasteiger partial charge on any atom is 0.164 e. The van der Waals surface area contributed by atoms with Crippen LogP contribution >= 0.6 is 0 Å². The van der Waals surface area contributed by atoms with Gasteiger partial charge in [0.1, 0.15) is 0 Å². The summed E-state index contributed by atoms with van der Waals surface area (Å²) < 4.78 is 14.2. The van der Waals surface area contributed by atoms with E-state index in [0.717, 1.165) is 0 Å². The highest BCUT2D eigenvalue weighted by Crippen LogP contribution is 1.99. The molecule has 4 nitrogen and oxygen atoms in total. The first-order valence-corrected chi connectivity index (χ1v) is 3.52. The van der Waals surface area contributed by atoms with Gasteiger partial charge < -0.3 is 14.2 Å². The molecule has 0 saturated carbocycles. The van der Waals surface area contributed by atoms with Crippen molar-refractivity contribution >= 4 is 5.78 Å². The van der Waals surface area contributed by atoms with Gasteiger partial charge in [-0.05, 0) is 0 Å². The van der Waals surface area contributed by atoms with Crippen molar-refractivity contribution in [2.75, 3.05) is 21.3 Å². The zero-order valence-electron chi connectivity index (χ0n) is 7.57. The van der Waals surface area contributed by atoms with Crippen LogP contribution in [0, 0.1) is 0 Å². The largest absolute Gasteiger partial charge is 0.504 e. The number of methoxy groups -OCH3 is 3. The molecule has 4 heteroatoms. The van der Waals surface area contributed by atoms with Crippen molar-refractivity contribution in [2.45, 2.75) is 12.7 Å². The van der Waals surface area contributed by atoms with Crippen molar-refractivity contribution in [2.24, 2.45) is 0 Å². The van der Waals surface area contributed by atoms with Gasteiger partial charge in [-0.2, -0.15) is 0 Å². The number of rotatable bonds is 6. The van der Waals surface area contributed by atoms with Crippen LogP contribution in [0.4, 0.5) is 0 Å². The highest BCUT2D eigenvalue weighted by atomic mass is 16.7. The first kappa shape index (κ1) is 11.1. The van der Waals surface area contributed by atoms with Gasteiger partial charge >= 0.3 is 0 Å². The molecule has 0 spiro atoms. The third-order valence-electron chi connectivity index (χ3n) is 1.28. The van der Waals surface area contributed by atoms with E-state index in [1.807, 2.05) is 0 Å². The van der Waals surface area contributed by atoms with Crippen molar-refractivity contribution in [3.8, 4) is 0 Å². The molecule has 0 aliphatic heterocycles. The normalized spacial score (nSPS) is 11.0. The molecule has 0 saturated heterocycles. The predicted octanol–water partition coefficient (Wildman–Crippen LogP) is 0.725. The van der Waals surface area contributed by atoms with E-state index in [1.165, 1.54) is 33.7 Å². The van der Waals surface area contributed by atoms with E-state index in [2.05, 4.69) is 4.74 Å². The standard InChI is InChI=1S/C8H14O4/c1-10-5-4-7(9)6-8(11-2)12-3/h4-5,8H,6H2,1-3H3/b5-4+. The predicted molar refractivity (Wildman–Crippen MR) is 43.6 cm³/mol. The molecule has 12 heavy (non-hydrogen) atoms. The molecule has 0 heterocycles. The molecule has 0 bridgehead atoms. The van der Waals surface area contributed by atoms with E-state index < -0.39 is 6.29 Å². The first-order chi connectivity index (χ1) is 5.74. The fourth-order valence-electron chi connectivity index (χ4n) is 0.639. The van der Waals surface area contributed by atoms with Crippen molar-refractivity contribution < 1.29 is 19.0 Å². The molecule has 0 aliphatic carbocycles. The molecule has 0 aromatic carbocycles. The van der Waals surface area contributed by atoms with Crippen LogP contribution in [0.25, 0.3) is 0 Å². The van der Waals surface area contributed by atoms with Crippen LogP contribution in [-0.2, 0) is 19.0 Å². The summed E-state index contributed by atoms with van der Waals surface area (Å²) in [5.41, 5.74) is 0. The highest BCUT2D eigenvalue weighted by Gasteiger charge is 2.08. The zero-order chi connectivity index (χ0) is 9.40. The molecule has 0 aliphatic rings. The second-order valence-electron chi connectivity index (χ2n) is 2.11. The van der Waals surface area contributed by atoms with Gasteiger partial charge in [0.2, 0.25) is 0 Å². The molecular formula is C8H14O4. The lowest BCUT2D eigenvalue weighted by Crippen LogP contribution is -2.16. The Labute approximate surface area is 72.1 Å². The summed E-state index contributed by atoms with van der Waals surface area (Å²) >= 11 is 0. The van der Waals surface area contributed by atoms with Gasteiger partial charge in [0.15, 0.2) is 12.1 Å². The van der Waals surface area contributed by atoms with Gasteiger partial charge in [0, 0.05) is 20.3 Å². The van der Waals surface area contributed by atoms with Gasteiger partial charge in [0.25, 0.3) is 0 Å². The maximum atomic E-state index is 11.0. The molecule has 0 radical (unpaired) electrons. The molecule has 0 atom stereocenters. The third-order valence-corrected chi connectivity index (χ3v) is 1.28. The molecule has 0 unspecified atom stereocenters. The van der Waals surface area contributed by atoms with E-state index in [0.29, 0.717) is 0 Å². The number of hydrogen-bond acceptors (Lipinski definition) is 4. The number of ketones is 1. The van der Waals surface area contributed by atoms with Crippen molar-refractivity contribution in [3.63, 3.8) is 0 Å². The molecule has 0 rings (SSSR count). The van der Waals surface area contributed by atoms with Crippen LogP contribution in [0.3, 0.4) is 0 Å². The fraction of sp³-hybridized carbons (Fsp3) is 0.625. The lowest BCUT2D eigenvalue weighted by Gasteiger charge is -2.10. The number of hydrogen-bond donors (Lipinski definition) is 0. The van der Waals surface area contributed by atoms with Gasteiger partial charge in [-0.1, -0.05) is 0 Å². The SMILES string of the molecule is CO/C=C/C(=O)CC(OC)OC. The Kier molecular flexibility index (Phi) is 6.32. The Morgan fingerprint density at radius 1 is 1.33 bits per heavy atom. The summed E-state index contributed by atoms with van der Waals surface area (Å²) in [4.78, 5) is 11.0. The van der Waals surface area contributed by atoms with Crippen molar-refractivity contribution in [1.29, 1.82) is 0 Å². The summed E-state index contributed by atoms with van der Waals surface area (Å²) in [6.45, 7) is 0. The smallest absolute Gasteiger partial charge is 0.164 e. The van der Waals surface area contributed by atoms with Crippen LogP contribution < -0.4 is 0 Å². The lowest BCUT2D eigenvalue weighted by molar-refractivity contribution is -0.133. The van der Waals surface area contributed by atoms with E-state index >= 15 is 0 Å². The number of carbonyl (C=O) groups excluding carboxylic acids is 1. The monoisotopic (exact) mass is 174 g/mol. The minimum Gasteiger partial charge on any atom is -0.504 e. The third kappa shape index (κ3) is 4.87. The lowest BCUT2D eigenvalue weighted by atomic mass is 10.3. The Balaban J connectivity index is 3.73. The Bertz CT molecular complexity index is 149. The first-order valence-electron chi connectivity index (χ1n) is 3.52.